The fourth-order valence-electron chi connectivity index (χ4n) is 1.37. The van der Waals surface area contributed by atoms with Gasteiger partial charge in [0.15, 0.2) is 17.3 Å². The molecule has 0 aliphatic rings. The van der Waals surface area contributed by atoms with Crippen LogP contribution in [0.4, 0.5) is 19.0 Å². The highest BCUT2D eigenvalue weighted by Gasteiger charge is 2.32. The summed E-state index contributed by atoms with van der Waals surface area (Å²) in [6, 6.07) is 5.32. The predicted molar refractivity (Wildman–Crippen MR) is 70.7 cm³/mol. The number of nitrogens with zero attached hydrogens (tertiary/aromatic N) is 2. The molecular formula is C11H8BrF3N4O2. The molecule has 2 rings (SSSR count). The van der Waals surface area contributed by atoms with Gasteiger partial charge in [0.2, 0.25) is 5.88 Å². The molecule has 0 saturated heterocycles. The molecule has 1 heterocycles. The Hall–Kier alpha value is -2.07. The Morgan fingerprint density at radius 3 is 2.43 bits per heavy atom. The van der Waals surface area contributed by atoms with E-state index in [-0.39, 0.29) is 21.9 Å². The molecule has 0 unspecified atom stereocenters. The third kappa shape index (κ3) is 3.95. The number of nitrogens with one attached hydrogen (secondary N) is 1. The molecule has 0 aliphatic heterocycles. The van der Waals surface area contributed by atoms with Crippen LogP contribution in [0.25, 0.3) is 0 Å². The van der Waals surface area contributed by atoms with E-state index in [1.807, 2.05) is 0 Å². The Morgan fingerprint density at radius 2 is 1.81 bits per heavy atom. The third-order valence-electron chi connectivity index (χ3n) is 2.18. The number of hydrazine groups is 1. The van der Waals surface area contributed by atoms with Gasteiger partial charge in [-0.2, -0.15) is 0 Å². The highest BCUT2D eigenvalue weighted by atomic mass is 79.9. The molecule has 0 bridgehead atoms. The zero-order valence-corrected chi connectivity index (χ0v) is 11.8. The molecule has 21 heavy (non-hydrogen) atoms. The molecule has 0 amide bonds. The zero-order valence-electron chi connectivity index (χ0n) is 10.2. The van der Waals surface area contributed by atoms with Crippen molar-refractivity contribution in [2.45, 2.75) is 6.36 Å². The summed E-state index contributed by atoms with van der Waals surface area (Å²) in [5.41, 5.74) is 2.29. The van der Waals surface area contributed by atoms with Crippen LogP contribution in [0, 0.1) is 0 Å². The van der Waals surface area contributed by atoms with Gasteiger partial charge in [-0.3, -0.25) is 0 Å². The number of aromatic nitrogens is 2. The van der Waals surface area contributed by atoms with Crippen LogP contribution >= 0.6 is 15.9 Å². The van der Waals surface area contributed by atoms with Crippen LogP contribution in [0.15, 0.2) is 35.1 Å². The average molecular weight is 365 g/mol. The van der Waals surface area contributed by atoms with E-state index in [1.165, 1.54) is 18.2 Å². The summed E-state index contributed by atoms with van der Waals surface area (Å²) in [6.45, 7) is 0. The Morgan fingerprint density at radius 1 is 1.14 bits per heavy atom. The van der Waals surface area contributed by atoms with Crippen molar-refractivity contribution in [1.82, 2.24) is 9.97 Å². The van der Waals surface area contributed by atoms with Crippen molar-refractivity contribution in [1.29, 1.82) is 0 Å². The van der Waals surface area contributed by atoms with E-state index in [4.69, 9.17) is 10.6 Å². The van der Waals surface area contributed by atoms with Crippen LogP contribution in [-0.4, -0.2) is 16.3 Å². The number of alkyl halides is 3. The van der Waals surface area contributed by atoms with Gasteiger partial charge in [0.25, 0.3) is 0 Å². The lowest BCUT2D eigenvalue weighted by Gasteiger charge is -2.14. The highest BCUT2D eigenvalue weighted by Crippen LogP contribution is 2.37. The van der Waals surface area contributed by atoms with Crippen LogP contribution in [0.5, 0.6) is 17.4 Å². The van der Waals surface area contributed by atoms with Gasteiger partial charge in [-0.05, 0) is 28.1 Å². The molecule has 10 heteroatoms. The second kappa shape index (κ2) is 6.14. The first-order chi connectivity index (χ1) is 9.90. The van der Waals surface area contributed by atoms with Gasteiger partial charge in [-0.25, -0.2) is 15.8 Å². The standard InChI is InChI=1S/C11H8BrF3N4O2/c12-8-9(19-16)17-5-18-10(8)20-6-3-1-2-4-7(6)21-11(13,14)15/h1-5H,16H2,(H,17,18,19). The van der Waals surface area contributed by atoms with Crippen LogP contribution in [0.2, 0.25) is 0 Å². The van der Waals surface area contributed by atoms with Crippen molar-refractivity contribution in [2.24, 2.45) is 5.84 Å². The number of anilines is 1. The van der Waals surface area contributed by atoms with Gasteiger partial charge < -0.3 is 14.9 Å². The minimum Gasteiger partial charge on any atom is -0.434 e. The second-order valence-corrected chi connectivity index (χ2v) is 4.38. The molecule has 3 N–H and O–H groups in total. The van der Waals surface area contributed by atoms with Crippen LogP contribution in [0.1, 0.15) is 0 Å². The second-order valence-electron chi connectivity index (χ2n) is 3.58. The summed E-state index contributed by atoms with van der Waals surface area (Å²) in [4.78, 5) is 7.60. The van der Waals surface area contributed by atoms with Gasteiger partial charge >= 0.3 is 6.36 Å². The zero-order chi connectivity index (χ0) is 15.5. The molecule has 112 valence electrons. The molecular weight excluding hydrogens is 357 g/mol. The lowest BCUT2D eigenvalue weighted by atomic mass is 10.3. The first-order valence-electron chi connectivity index (χ1n) is 5.40. The minimum absolute atomic E-state index is 0.0174. The molecule has 0 aliphatic carbocycles. The number of benzene rings is 1. The SMILES string of the molecule is NNc1ncnc(Oc2ccccc2OC(F)(F)F)c1Br. The Bertz CT molecular complexity index is 639. The Labute approximate surface area is 125 Å². The van der Waals surface area contributed by atoms with Crippen LogP contribution < -0.4 is 20.7 Å². The first kappa shape index (κ1) is 15.3. The summed E-state index contributed by atoms with van der Waals surface area (Å²) >= 11 is 3.13. The number of hydrogen-bond donors (Lipinski definition) is 2. The largest absolute Gasteiger partial charge is 0.573 e. The molecule has 2 aromatic rings. The maximum absolute atomic E-state index is 12.3. The van der Waals surface area contributed by atoms with E-state index in [9.17, 15) is 13.2 Å². The third-order valence-corrected chi connectivity index (χ3v) is 2.89. The predicted octanol–water partition coefficient (Wildman–Crippen LogP) is 3.22. The molecule has 0 fully saturated rings. The fourth-order valence-corrected chi connectivity index (χ4v) is 1.77. The van der Waals surface area contributed by atoms with E-state index < -0.39 is 12.1 Å². The lowest BCUT2D eigenvalue weighted by Crippen LogP contribution is -2.17. The number of nitrogens with two attached hydrogens (primary N) is 1. The van der Waals surface area contributed by atoms with Gasteiger partial charge in [0.05, 0.1) is 0 Å². The van der Waals surface area contributed by atoms with Crippen molar-refractivity contribution in [3.63, 3.8) is 0 Å². The summed E-state index contributed by atoms with van der Waals surface area (Å²) in [6.07, 6.45) is -3.69. The van der Waals surface area contributed by atoms with E-state index in [2.05, 4.69) is 36.1 Å². The summed E-state index contributed by atoms with van der Waals surface area (Å²) in [7, 11) is 0. The monoisotopic (exact) mass is 364 g/mol. The van der Waals surface area contributed by atoms with Gasteiger partial charge in [-0.15, -0.1) is 13.2 Å². The fraction of sp³-hybridized carbons (Fsp3) is 0.0909. The van der Waals surface area contributed by atoms with E-state index in [1.54, 1.807) is 0 Å². The molecule has 0 saturated carbocycles. The van der Waals surface area contributed by atoms with Crippen molar-refractivity contribution in [3.05, 3.63) is 35.1 Å². The molecule has 1 aromatic carbocycles. The molecule has 6 nitrogen and oxygen atoms in total. The van der Waals surface area contributed by atoms with E-state index >= 15 is 0 Å². The van der Waals surface area contributed by atoms with Crippen molar-refractivity contribution < 1.29 is 22.6 Å². The minimum atomic E-state index is -4.83. The summed E-state index contributed by atoms with van der Waals surface area (Å²) in [5, 5.41) is 0. The highest BCUT2D eigenvalue weighted by molar-refractivity contribution is 9.10. The molecule has 0 atom stereocenters. The lowest BCUT2D eigenvalue weighted by molar-refractivity contribution is -0.275. The molecule has 0 radical (unpaired) electrons. The average Bonchev–Trinajstić information content (AvgIpc) is 2.41. The molecule has 0 spiro atoms. The van der Waals surface area contributed by atoms with Crippen LogP contribution in [0.3, 0.4) is 0 Å². The number of para-hydroxylation sites is 2. The normalized spacial score (nSPS) is 11.1. The smallest absolute Gasteiger partial charge is 0.434 e. The maximum atomic E-state index is 12.3. The van der Waals surface area contributed by atoms with Crippen molar-refractivity contribution >= 4 is 21.7 Å². The topological polar surface area (TPSA) is 82.3 Å². The van der Waals surface area contributed by atoms with Gasteiger partial charge in [0.1, 0.15) is 10.8 Å². The van der Waals surface area contributed by atoms with E-state index in [0.717, 1.165) is 12.4 Å². The summed E-state index contributed by atoms with van der Waals surface area (Å²) in [5.74, 6) is 4.78. The maximum Gasteiger partial charge on any atom is 0.573 e. The number of ether oxygens (including phenoxy) is 2. The molecule has 1 aromatic heterocycles. The number of rotatable bonds is 4. The van der Waals surface area contributed by atoms with Crippen molar-refractivity contribution in [3.8, 4) is 17.4 Å². The van der Waals surface area contributed by atoms with Crippen molar-refractivity contribution in [2.75, 3.05) is 5.43 Å². The van der Waals surface area contributed by atoms with Gasteiger partial charge in [0, 0.05) is 0 Å². The van der Waals surface area contributed by atoms with Gasteiger partial charge in [-0.1, -0.05) is 12.1 Å². The first-order valence-corrected chi connectivity index (χ1v) is 6.20. The summed E-state index contributed by atoms with van der Waals surface area (Å²) < 4.78 is 46.4. The Balaban J connectivity index is 2.32. The quantitative estimate of drug-likeness (QED) is 0.640. The van der Waals surface area contributed by atoms with E-state index in [0.29, 0.717) is 0 Å². The number of halogens is 4. The number of hydrogen-bond acceptors (Lipinski definition) is 6. The number of nitrogen functional groups attached to an aromatic ring is 1. The van der Waals surface area contributed by atoms with Crippen LogP contribution in [-0.2, 0) is 0 Å². The Kier molecular flexibility index (Phi) is 4.48.